The van der Waals surface area contributed by atoms with Gasteiger partial charge in [-0.2, -0.15) is 0 Å². The fraction of sp³-hybridized carbons (Fsp3) is 0.455. The minimum Gasteiger partial charge on any atom is -0.382 e. The van der Waals surface area contributed by atoms with Gasteiger partial charge in [0.2, 0.25) is 0 Å². The van der Waals surface area contributed by atoms with E-state index in [2.05, 4.69) is 5.32 Å². The number of anilines is 1. The highest BCUT2D eigenvalue weighted by Crippen LogP contribution is 2.26. The van der Waals surface area contributed by atoms with Crippen LogP contribution in [0.15, 0.2) is 18.2 Å². The van der Waals surface area contributed by atoms with E-state index in [1.807, 2.05) is 6.07 Å². The van der Waals surface area contributed by atoms with E-state index in [1.54, 1.807) is 13.0 Å². The van der Waals surface area contributed by atoms with Gasteiger partial charge < -0.3 is 11.1 Å². The van der Waals surface area contributed by atoms with Gasteiger partial charge in [0, 0.05) is 29.4 Å². The van der Waals surface area contributed by atoms with Gasteiger partial charge in [-0.1, -0.05) is 0 Å². The normalized spacial score (nSPS) is 23.6. The van der Waals surface area contributed by atoms with Crippen molar-refractivity contribution in [2.24, 2.45) is 5.73 Å². The number of hydrogen-bond acceptors (Lipinski definition) is 4. The second kappa shape index (κ2) is 4.09. The smallest absolute Gasteiger partial charge is 0.272 e. The maximum atomic E-state index is 10.6. The van der Waals surface area contributed by atoms with Crippen molar-refractivity contribution < 1.29 is 4.92 Å². The number of nitrogens with two attached hydrogens (primary N) is 1. The van der Waals surface area contributed by atoms with Crippen LogP contribution in [-0.2, 0) is 0 Å². The van der Waals surface area contributed by atoms with Gasteiger partial charge in [0.05, 0.1) is 4.92 Å². The third-order valence-electron chi connectivity index (χ3n) is 2.94. The van der Waals surface area contributed by atoms with Crippen molar-refractivity contribution in [2.45, 2.75) is 31.8 Å². The van der Waals surface area contributed by atoms with Crippen molar-refractivity contribution in [3.05, 3.63) is 33.9 Å². The number of benzene rings is 1. The summed E-state index contributed by atoms with van der Waals surface area (Å²) in [5, 5.41) is 13.9. The molecule has 1 fully saturated rings. The molecule has 0 saturated heterocycles. The minimum atomic E-state index is -0.363. The maximum Gasteiger partial charge on any atom is 0.272 e. The number of nitro benzene ring substituents is 1. The number of aryl methyl sites for hydroxylation is 1. The lowest BCUT2D eigenvalue weighted by Crippen LogP contribution is -2.44. The predicted molar refractivity (Wildman–Crippen MR) is 62.5 cm³/mol. The van der Waals surface area contributed by atoms with Crippen LogP contribution in [0.1, 0.15) is 18.4 Å². The van der Waals surface area contributed by atoms with Crippen LogP contribution in [0, 0.1) is 17.0 Å². The molecule has 1 aliphatic carbocycles. The molecule has 1 aromatic carbocycles. The largest absolute Gasteiger partial charge is 0.382 e. The van der Waals surface area contributed by atoms with Crippen LogP contribution in [-0.4, -0.2) is 17.0 Å². The Balaban J connectivity index is 2.06. The Morgan fingerprint density at radius 1 is 1.50 bits per heavy atom. The van der Waals surface area contributed by atoms with Crippen molar-refractivity contribution in [1.29, 1.82) is 0 Å². The molecular formula is C11H15N3O2. The van der Waals surface area contributed by atoms with Crippen molar-refractivity contribution in [3.63, 3.8) is 0 Å². The molecule has 0 spiro atoms. The second-order valence-corrected chi connectivity index (χ2v) is 4.33. The summed E-state index contributed by atoms with van der Waals surface area (Å²) in [6, 6.07) is 5.81. The number of hydrogen-bond donors (Lipinski definition) is 2. The van der Waals surface area contributed by atoms with E-state index in [4.69, 9.17) is 5.73 Å². The van der Waals surface area contributed by atoms with Crippen molar-refractivity contribution in [1.82, 2.24) is 0 Å². The Morgan fingerprint density at radius 3 is 2.69 bits per heavy atom. The molecule has 0 radical (unpaired) electrons. The zero-order valence-corrected chi connectivity index (χ0v) is 9.14. The molecule has 1 aliphatic rings. The fourth-order valence-electron chi connectivity index (χ4n) is 1.97. The van der Waals surface area contributed by atoms with E-state index in [0.717, 1.165) is 18.5 Å². The Hall–Kier alpha value is -1.62. The summed E-state index contributed by atoms with van der Waals surface area (Å²) in [6.45, 7) is 1.75. The van der Waals surface area contributed by atoms with Crippen molar-refractivity contribution in [3.8, 4) is 0 Å². The van der Waals surface area contributed by atoms with Gasteiger partial charge in [-0.15, -0.1) is 0 Å². The molecule has 0 heterocycles. The number of nitro groups is 1. The number of rotatable bonds is 3. The lowest BCUT2D eigenvalue weighted by molar-refractivity contribution is -0.385. The lowest BCUT2D eigenvalue weighted by Gasteiger charge is -2.33. The molecule has 0 amide bonds. The van der Waals surface area contributed by atoms with E-state index in [9.17, 15) is 10.1 Å². The van der Waals surface area contributed by atoms with Crippen LogP contribution >= 0.6 is 0 Å². The van der Waals surface area contributed by atoms with Gasteiger partial charge in [-0.3, -0.25) is 10.1 Å². The maximum absolute atomic E-state index is 10.6. The summed E-state index contributed by atoms with van der Waals surface area (Å²) < 4.78 is 0. The zero-order chi connectivity index (χ0) is 11.7. The lowest BCUT2D eigenvalue weighted by atomic mass is 9.87. The molecule has 2 rings (SSSR count). The predicted octanol–water partition coefficient (Wildman–Crippen LogP) is 1.80. The molecular weight excluding hydrogens is 206 g/mol. The second-order valence-electron chi connectivity index (χ2n) is 4.33. The summed E-state index contributed by atoms with van der Waals surface area (Å²) in [4.78, 5) is 10.3. The minimum absolute atomic E-state index is 0.163. The first-order chi connectivity index (χ1) is 7.56. The fourth-order valence-corrected chi connectivity index (χ4v) is 1.97. The summed E-state index contributed by atoms with van der Waals surface area (Å²) in [5.74, 6) is 0. The Labute approximate surface area is 93.8 Å². The summed E-state index contributed by atoms with van der Waals surface area (Å²) >= 11 is 0. The standard InChI is InChI=1S/C11H15N3O2/c1-7-4-9(2-3-11(7)14(15)16)13-10-5-8(12)6-10/h2-4,8,10,13H,5-6,12H2,1H3. The average Bonchev–Trinajstić information content (AvgIpc) is 2.15. The van der Waals surface area contributed by atoms with E-state index < -0.39 is 0 Å². The van der Waals surface area contributed by atoms with Gasteiger partial charge in [-0.25, -0.2) is 0 Å². The third-order valence-corrected chi connectivity index (χ3v) is 2.94. The van der Waals surface area contributed by atoms with Crippen LogP contribution in [0.2, 0.25) is 0 Å². The molecule has 0 unspecified atom stereocenters. The van der Waals surface area contributed by atoms with Gasteiger partial charge in [0.25, 0.3) is 5.69 Å². The molecule has 0 aliphatic heterocycles. The average molecular weight is 221 g/mol. The first-order valence-electron chi connectivity index (χ1n) is 5.33. The van der Waals surface area contributed by atoms with Crippen molar-refractivity contribution in [2.75, 3.05) is 5.32 Å². The summed E-state index contributed by atoms with van der Waals surface area (Å²) in [5.41, 5.74) is 7.46. The highest BCUT2D eigenvalue weighted by Gasteiger charge is 2.25. The first kappa shape index (κ1) is 10.9. The van der Waals surface area contributed by atoms with Gasteiger partial charge in [0.15, 0.2) is 0 Å². The molecule has 0 bridgehead atoms. The van der Waals surface area contributed by atoms with Crippen LogP contribution in [0.4, 0.5) is 11.4 Å². The topological polar surface area (TPSA) is 81.2 Å². The third kappa shape index (κ3) is 2.14. The molecule has 3 N–H and O–H groups in total. The van der Waals surface area contributed by atoms with E-state index in [-0.39, 0.29) is 10.6 Å². The molecule has 0 aromatic heterocycles. The molecule has 1 aromatic rings. The van der Waals surface area contributed by atoms with E-state index in [0.29, 0.717) is 17.6 Å². The number of nitrogens with one attached hydrogen (secondary N) is 1. The molecule has 86 valence electrons. The molecule has 0 atom stereocenters. The Kier molecular flexibility index (Phi) is 2.78. The highest BCUT2D eigenvalue weighted by atomic mass is 16.6. The van der Waals surface area contributed by atoms with E-state index >= 15 is 0 Å². The summed E-state index contributed by atoms with van der Waals surface area (Å²) in [7, 11) is 0. The van der Waals surface area contributed by atoms with Gasteiger partial charge in [-0.05, 0) is 31.9 Å². The van der Waals surface area contributed by atoms with Crippen LogP contribution in [0.3, 0.4) is 0 Å². The first-order valence-corrected chi connectivity index (χ1v) is 5.33. The highest BCUT2D eigenvalue weighted by molar-refractivity contribution is 5.54. The molecule has 5 nitrogen and oxygen atoms in total. The van der Waals surface area contributed by atoms with Gasteiger partial charge >= 0.3 is 0 Å². The molecule has 1 saturated carbocycles. The molecule has 16 heavy (non-hydrogen) atoms. The number of nitrogens with zero attached hydrogens (tertiary/aromatic N) is 1. The van der Waals surface area contributed by atoms with Crippen LogP contribution in [0.25, 0.3) is 0 Å². The van der Waals surface area contributed by atoms with E-state index in [1.165, 1.54) is 6.07 Å². The Morgan fingerprint density at radius 2 is 2.19 bits per heavy atom. The zero-order valence-electron chi connectivity index (χ0n) is 9.14. The quantitative estimate of drug-likeness (QED) is 0.602. The monoisotopic (exact) mass is 221 g/mol. The van der Waals surface area contributed by atoms with Gasteiger partial charge in [0.1, 0.15) is 0 Å². The van der Waals surface area contributed by atoms with Crippen LogP contribution < -0.4 is 11.1 Å². The molecule has 5 heteroatoms. The summed E-state index contributed by atoms with van der Waals surface area (Å²) in [6.07, 6.45) is 1.94. The van der Waals surface area contributed by atoms with Crippen LogP contribution in [0.5, 0.6) is 0 Å². The Bertz CT molecular complexity index is 414. The van der Waals surface area contributed by atoms with Crippen molar-refractivity contribution >= 4 is 11.4 Å². The SMILES string of the molecule is Cc1cc(NC2CC(N)C2)ccc1[N+](=O)[O-].